The zero-order valence-corrected chi connectivity index (χ0v) is 24.6. The maximum atomic E-state index is 14.7. The Bertz CT molecular complexity index is 1030. The van der Waals surface area contributed by atoms with E-state index in [-0.39, 0.29) is 0 Å². The van der Waals surface area contributed by atoms with Gasteiger partial charge in [0.2, 0.25) is 0 Å². The summed E-state index contributed by atoms with van der Waals surface area (Å²) in [4.78, 5) is 0. The largest absolute Gasteiger partial charge is 0.429 e. The van der Waals surface area contributed by atoms with Crippen molar-refractivity contribution in [3.8, 4) is 5.75 Å². The predicted octanol–water partition coefficient (Wildman–Crippen LogP) is 11.8. The van der Waals surface area contributed by atoms with Gasteiger partial charge < -0.3 is 4.74 Å². The molecule has 0 aromatic heterocycles. The Labute approximate surface area is 243 Å². The monoisotopic (exact) mass is 578 g/mol. The Morgan fingerprint density at radius 2 is 1.20 bits per heavy atom. The van der Waals surface area contributed by atoms with Crippen LogP contribution in [0.4, 0.5) is 22.0 Å². The molecule has 0 radical (unpaired) electrons. The number of alkyl halides is 2. The molecule has 228 valence electrons. The molecule has 2 aromatic rings. The minimum Gasteiger partial charge on any atom is -0.429 e. The number of rotatable bonds is 14. The van der Waals surface area contributed by atoms with E-state index in [4.69, 9.17) is 0 Å². The third-order valence-corrected chi connectivity index (χ3v) is 9.72. The van der Waals surface area contributed by atoms with Crippen LogP contribution >= 0.6 is 0 Å². The molecule has 0 atom stereocenters. The molecule has 6 heteroatoms. The molecule has 2 aliphatic rings. The highest BCUT2D eigenvalue weighted by Gasteiger charge is 2.36. The number of hydrogen-bond acceptors (Lipinski definition) is 1. The molecule has 0 N–H and O–H groups in total. The summed E-state index contributed by atoms with van der Waals surface area (Å²) < 4.78 is 73.8. The van der Waals surface area contributed by atoms with E-state index in [1.165, 1.54) is 108 Å². The number of halogens is 5. The van der Waals surface area contributed by atoms with Gasteiger partial charge in [-0.2, -0.15) is 8.78 Å². The Balaban J connectivity index is 1.16. The van der Waals surface area contributed by atoms with Crippen LogP contribution in [-0.4, -0.2) is 0 Å². The van der Waals surface area contributed by atoms with Gasteiger partial charge in [-0.1, -0.05) is 89.7 Å². The Morgan fingerprint density at radius 3 is 1.76 bits per heavy atom. The number of unbranched alkanes of at least 4 members (excludes halogenated alkanes) is 7. The third kappa shape index (κ3) is 9.19. The van der Waals surface area contributed by atoms with Crippen molar-refractivity contribution in [3.63, 3.8) is 0 Å². The molecule has 0 unspecified atom stereocenters. The average molecular weight is 579 g/mol. The molecule has 41 heavy (non-hydrogen) atoms. The van der Waals surface area contributed by atoms with Gasteiger partial charge in [0, 0.05) is 12.1 Å². The molecule has 1 nitrogen and oxygen atoms in total. The van der Waals surface area contributed by atoms with Crippen molar-refractivity contribution < 1.29 is 26.7 Å². The van der Waals surface area contributed by atoms with Crippen LogP contribution in [0.15, 0.2) is 36.4 Å². The van der Waals surface area contributed by atoms with Crippen LogP contribution in [0, 0.1) is 35.2 Å². The number of ether oxygens (including phenoxy) is 1. The first-order valence-electron chi connectivity index (χ1n) is 16.1. The lowest BCUT2D eigenvalue weighted by atomic mass is 9.68. The van der Waals surface area contributed by atoms with Gasteiger partial charge in [0.1, 0.15) is 5.75 Å². The van der Waals surface area contributed by atoms with Gasteiger partial charge in [0.05, 0.1) is 5.56 Å². The predicted molar refractivity (Wildman–Crippen MR) is 155 cm³/mol. The summed E-state index contributed by atoms with van der Waals surface area (Å²) in [5.74, 6) is -2.74. The molecular formula is C35H47F5O. The van der Waals surface area contributed by atoms with Crippen LogP contribution in [0.3, 0.4) is 0 Å². The summed E-state index contributed by atoms with van der Waals surface area (Å²) in [6.07, 6.45) is 18.7. The standard InChI is InChI=1S/C35H47F5O/c1-2-3-4-5-6-7-8-9-10-25-11-13-26(14-12-25)27-15-17-28(18-16-27)29-19-21-30(22-20-29)35(39,40)41-31-23-32(36)34(38)33(37)24-31/h19-28H,2-18H2,1H3/t25-,26-,27-,28-. The van der Waals surface area contributed by atoms with E-state index in [1.54, 1.807) is 12.1 Å². The Morgan fingerprint density at radius 1 is 0.683 bits per heavy atom. The minimum atomic E-state index is -3.81. The Kier molecular flexibility index (Phi) is 11.9. The molecule has 0 aliphatic heterocycles. The van der Waals surface area contributed by atoms with E-state index in [9.17, 15) is 22.0 Å². The highest BCUT2D eigenvalue weighted by atomic mass is 19.3. The van der Waals surface area contributed by atoms with Crippen molar-refractivity contribution in [3.05, 3.63) is 65.0 Å². The van der Waals surface area contributed by atoms with E-state index >= 15 is 0 Å². The van der Waals surface area contributed by atoms with Crippen LogP contribution in [0.2, 0.25) is 0 Å². The van der Waals surface area contributed by atoms with E-state index in [0.29, 0.717) is 18.1 Å². The van der Waals surface area contributed by atoms with E-state index in [2.05, 4.69) is 11.7 Å². The normalized spacial score (nSPS) is 23.5. The summed E-state index contributed by atoms with van der Waals surface area (Å²) in [5, 5.41) is 0. The van der Waals surface area contributed by atoms with Gasteiger partial charge in [-0.25, -0.2) is 13.2 Å². The topological polar surface area (TPSA) is 9.23 Å². The van der Waals surface area contributed by atoms with Crippen LogP contribution in [0.1, 0.15) is 133 Å². The summed E-state index contributed by atoms with van der Waals surface area (Å²) in [6.45, 7) is 2.27. The SMILES string of the molecule is CCCCCCCCCC[C@H]1CC[C@H]([C@H]2CC[C@H](c3ccc(C(F)(F)Oc4cc(F)c(F)c(F)c4)cc3)CC2)CC1. The van der Waals surface area contributed by atoms with Gasteiger partial charge in [0.15, 0.2) is 17.5 Å². The van der Waals surface area contributed by atoms with Crippen LogP contribution in [-0.2, 0) is 6.11 Å². The fourth-order valence-electron chi connectivity index (χ4n) is 7.19. The fourth-order valence-corrected chi connectivity index (χ4v) is 7.19. The molecule has 0 spiro atoms. The van der Waals surface area contributed by atoms with Crippen molar-refractivity contribution in [2.45, 2.75) is 128 Å². The maximum Gasteiger partial charge on any atom is 0.426 e. The molecule has 0 amide bonds. The first-order chi connectivity index (χ1) is 19.8. The lowest BCUT2D eigenvalue weighted by Gasteiger charge is -2.38. The lowest BCUT2D eigenvalue weighted by Crippen LogP contribution is -2.25. The second-order valence-electron chi connectivity index (χ2n) is 12.6. The Hall–Kier alpha value is -2.11. The number of benzene rings is 2. The van der Waals surface area contributed by atoms with Crippen molar-refractivity contribution in [1.82, 2.24) is 0 Å². The van der Waals surface area contributed by atoms with Gasteiger partial charge in [-0.15, -0.1) is 0 Å². The van der Waals surface area contributed by atoms with Crippen molar-refractivity contribution >= 4 is 0 Å². The molecule has 2 saturated carbocycles. The van der Waals surface area contributed by atoms with Gasteiger partial charge >= 0.3 is 6.11 Å². The molecule has 2 fully saturated rings. The van der Waals surface area contributed by atoms with Gasteiger partial charge in [-0.3, -0.25) is 0 Å². The summed E-state index contributed by atoms with van der Waals surface area (Å²) in [7, 11) is 0. The molecule has 0 heterocycles. The molecule has 0 bridgehead atoms. The fraction of sp³-hybridized carbons (Fsp3) is 0.657. The van der Waals surface area contributed by atoms with Crippen molar-refractivity contribution in [1.29, 1.82) is 0 Å². The summed E-state index contributed by atoms with van der Waals surface area (Å²) in [5.41, 5.74) is 0.625. The van der Waals surface area contributed by atoms with Gasteiger partial charge in [0.25, 0.3) is 0 Å². The molecule has 2 aromatic carbocycles. The van der Waals surface area contributed by atoms with E-state index < -0.39 is 34.9 Å². The minimum absolute atomic E-state index is 0.355. The summed E-state index contributed by atoms with van der Waals surface area (Å²) in [6, 6.07) is 6.88. The zero-order valence-electron chi connectivity index (χ0n) is 24.6. The third-order valence-electron chi connectivity index (χ3n) is 9.72. The zero-order chi connectivity index (χ0) is 29.2. The van der Waals surface area contributed by atoms with Gasteiger partial charge in [-0.05, 0) is 79.9 Å². The average Bonchev–Trinajstić information content (AvgIpc) is 2.97. The van der Waals surface area contributed by atoms with E-state index in [0.717, 1.165) is 36.2 Å². The van der Waals surface area contributed by atoms with Crippen molar-refractivity contribution in [2.75, 3.05) is 0 Å². The van der Waals surface area contributed by atoms with E-state index in [1.807, 2.05) is 0 Å². The highest BCUT2D eigenvalue weighted by Crippen LogP contribution is 2.45. The first-order valence-corrected chi connectivity index (χ1v) is 16.1. The van der Waals surface area contributed by atoms with Crippen LogP contribution in [0.5, 0.6) is 5.75 Å². The second-order valence-corrected chi connectivity index (χ2v) is 12.6. The quantitative estimate of drug-likeness (QED) is 0.123. The molecular weight excluding hydrogens is 531 g/mol. The lowest BCUT2D eigenvalue weighted by molar-refractivity contribution is -0.185. The highest BCUT2D eigenvalue weighted by molar-refractivity contribution is 5.30. The first kappa shape index (κ1) is 31.8. The maximum absolute atomic E-state index is 14.7. The molecule has 4 rings (SSSR count). The summed E-state index contributed by atoms with van der Waals surface area (Å²) >= 11 is 0. The van der Waals surface area contributed by atoms with Crippen LogP contribution < -0.4 is 4.74 Å². The smallest absolute Gasteiger partial charge is 0.426 e. The second kappa shape index (κ2) is 15.4. The van der Waals surface area contributed by atoms with Crippen LogP contribution in [0.25, 0.3) is 0 Å². The number of hydrogen-bond donors (Lipinski definition) is 0. The molecule has 0 saturated heterocycles. The van der Waals surface area contributed by atoms with Crippen molar-refractivity contribution in [2.24, 2.45) is 17.8 Å². The molecule has 2 aliphatic carbocycles.